The van der Waals surface area contributed by atoms with Gasteiger partial charge in [-0.3, -0.25) is 4.79 Å². The molecule has 0 aliphatic carbocycles. The zero-order chi connectivity index (χ0) is 8.10. The summed E-state index contributed by atoms with van der Waals surface area (Å²) in [6.07, 6.45) is 2.69. The Kier molecular flexibility index (Phi) is 2.95. The van der Waals surface area contributed by atoms with Crippen LogP contribution in [0.1, 0.15) is 12.8 Å². The van der Waals surface area contributed by atoms with Gasteiger partial charge in [-0.25, -0.2) is 0 Å². The topological polar surface area (TPSA) is 62.7 Å². The molecule has 1 saturated heterocycles. The zero-order valence-electron chi connectivity index (χ0n) is 6.19. The van der Waals surface area contributed by atoms with Crippen molar-refractivity contribution in [3.63, 3.8) is 0 Å². The summed E-state index contributed by atoms with van der Waals surface area (Å²) in [4.78, 5) is 13.7. The highest BCUT2D eigenvalue weighted by molar-refractivity contribution is 6.26. The molecule has 0 aromatic carbocycles. The van der Waals surface area contributed by atoms with Crippen molar-refractivity contribution < 1.29 is 14.3 Å². The molecule has 60 valence electrons. The second-order valence-electron chi connectivity index (χ2n) is 2.56. The molecule has 0 bridgehead atoms. The molecule has 4 nitrogen and oxygen atoms in total. The highest BCUT2D eigenvalue weighted by atomic mass is 16.5. The predicted molar refractivity (Wildman–Crippen MR) is 38.2 cm³/mol. The summed E-state index contributed by atoms with van der Waals surface area (Å²) in [5.74, 6) is -0.244. The number of ketones is 1. The van der Waals surface area contributed by atoms with Crippen molar-refractivity contribution in [3.8, 4) is 0 Å². The van der Waals surface area contributed by atoms with E-state index in [1.54, 1.807) is 0 Å². The number of nitrogens with zero attached hydrogens (tertiary/aromatic N) is 2. The molecule has 1 unspecified atom stereocenters. The van der Waals surface area contributed by atoms with Crippen LogP contribution in [0.2, 0.25) is 0 Å². The van der Waals surface area contributed by atoms with Crippen LogP contribution in [0.25, 0.3) is 5.53 Å². The molecule has 0 aromatic rings. The fraction of sp³-hybridized carbons (Fsp3) is 0.714. The summed E-state index contributed by atoms with van der Waals surface area (Å²) >= 11 is 0. The summed E-state index contributed by atoms with van der Waals surface area (Å²) in [6, 6.07) is 0. The lowest BCUT2D eigenvalue weighted by Gasteiger charge is -2.17. The molecule has 1 aliphatic heterocycles. The van der Waals surface area contributed by atoms with Crippen LogP contribution in [0, 0.1) is 5.92 Å². The Bertz CT molecular complexity index is 191. The largest absolute Gasteiger partial charge is 0.381 e. The molecular formula is C7H10N2O2. The second-order valence-corrected chi connectivity index (χ2v) is 2.56. The standard InChI is InChI=1S/C7H10N2O2/c8-9-4-7(10)6-2-1-3-11-5-6/h4,6H,1-3,5H2. The monoisotopic (exact) mass is 154 g/mol. The number of ether oxygens (including phenoxy) is 1. The highest BCUT2D eigenvalue weighted by Crippen LogP contribution is 2.13. The average molecular weight is 154 g/mol. The molecule has 1 fully saturated rings. The molecule has 0 spiro atoms. The minimum absolute atomic E-state index is 0.0975. The van der Waals surface area contributed by atoms with Gasteiger partial charge in [-0.1, -0.05) is 0 Å². The van der Waals surface area contributed by atoms with Gasteiger partial charge in [-0.05, 0) is 12.8 Å². The van der Waals surface area contributed by atoms with Crippen molar-refractivity contribution >= 4 is 12.0 Å². The van der Waals surface area contributed by atoms with Crippen LogP contribution in [0.5, 0.6) is 0 Å². The lowest BCUT2D eigenvalue weighted by Crippen LogP contribution is -2.26. The van der Waals surface area contributed by atoms with E-state index in [4.69, 9.17) is 10.3 Å². The summed E-state index contributed by atoms with van der Waals surface area (Å²) in [5, 5.41) is 0. The van der Waals surface area contributed by atoms with Crippen LogP contribution in [0.15, 0.2) is 0 Å². The van der Waals surface area contributed by atoms with Crippen molar-refractivity contribution in [2.24, 2.45) is 5.92 Å². The molecular weight excluding hydrogens is 144 g/mol. The van der Waals surface area contributed by atoms with Crippen molar-refractivity contribution in [2.75, 3.05) is 13.2 Å². The van der Waals surface area contributed by atoms with E-state index in [9.17, 15) is 4.79 Å². The van der Waals surface area contributed by atoms with Crippen LogP contribution in [0.3, 0.4) is 0 Å². The number of carbonyl (C=O) groups excluding carboxylic acids is 1. The van der Waals surface area contributed by atoms with Crippen molar-refractivity contribution in [2.45, 2.75) is 12.8 Å². The first-order chi connectivity index (χ1) is 5.34. The molecule has 0 saturated carbocycles. The van der Waals surface area contributed by atoms with Crippen LogP contribution < -0.4 is 0 Å². The summed E-state index contributed by atoms with van der Waals surface area (Å²) < 4.78 is 5.09. The Balaban J connectivity index is 2.44. The quantitative estimate of drug-likeness (QED) is 0.326. The molecule has 1 atom stereocenters. The van der Waals surface area contributed by atoms with Gasteiger partial charge in [0.15, 0.2) is 0 Å². The number of rotatable bonds is 2. The lowest BCUT2D eigenvalue weighted by atomic mass is 9.98. The average Bonchev–Trinajstić information content (AvgIpc) is 2.07. The maximum absolute atomic E-state index is 11.0. The van der Waals surface area contributed by atoms with Gasteiger partial charge < -0.3 is 10.3 Å². The summed E-state index contributed by atoms with van der Waals surface area (Å²) in [5.41, 5.74) is 8.08. The number of hydrogen-bond acceptors (Lipinski definition) is 2. The lowest BCUT2D eigenvalue weighted by molar-refractivity contribution is -0.123. The van der Waals surface area contributed by atoms with Crippen LogP contribution in [0.4, 0.5) is 0 Å². The third-order valence-electron chi connectivity index (χ3n) is 1.75. The van der Waals surface area contributed by atoms with Gasteiger partial charge in [0, 0.05) is 6.61 Å². The SMILES string of the molecule is [N-]=[N+]=CC(=O)C1CCCOC1. The van der Waals surface area contributed by atoms with Gasteiger partial charge in [0.05, 0.1) is 12.5 Å². The Hall–Kier alpha value is -0.990. The molecule has 1 rings (SSSR count). The van der Waals surface area contributed by atoms with Crippen molar-refractivity contribution in [1.82, 2.24) is 0 Å². The molecule has 0 N–H and O–H groups in total. The van der Waals surface area contributed by atoms with Crippen molar-refractivity contribution in [1.29, 1.82) is 0 Å². The first-order valence-corrected chi connectivity index (χ1v) is 3.63. The Morgan fingerprint density at radius 1 is 1.73 bits per heavy atom. The zero-order valence-corrected chi connectivity index (χ0v) is 6.19. The predicted octanol–water partition coefficient (Wildman–Crippen LogP) is 0.283. The smallest absolute Gasteiger partial charge is 0.323 e. The van der Waals surface area contributed by atoms with E-state index in [2.05, 4.69) is 4.79 Å². The number of hydrogen-bond donors (Lipinski definition) is 0. The number of Topliss-reactive ketones (excluding diaryl/α,β-unsaturated/α-hetero) is 1. The van der Waals surface area contributed by atoms with Crippen LogP contribution in [-0.2, 0) is 9.53 Å². The van der Waals surface area contributed by atoms with E-state index in [0.717, 1.165) is 25.7 Å². The van der Waals surface area contributed by atoms with E-state index in [-0.39, 0.29) is 11.7 Å². The fourth-order valence-corrected chi connectivity index (χ4v) is 1.13. The van der Waals surface area contributed by atoms with Gasteiger partial charge in [-0.15, -0.1) is 0 Å². The minimum atomic E-state index is -0.146. The van der Waals surface area contributed by atoms with Gasteiger partial charge >= 0.3 is 6.21 Å². The first-order valence-electron chi connectivity index (χ1n) is 3.63. The summed E-state index contributed by atoms with van der Waals surface area (Å²) in [7, 11) is 0. The molecule has 4 heteroatoms. The number of carbonyl (C=O) groups is 1. The van der Waals surface area contributed by atoms with E-state index in [0.29, 0.717) is 6.61 Å². The molecule has 0 amide bonds. The van der Waals surface area contributed by atoms with Gasteiger partial charge in [0.2, 0.25) is 5.78 Å². The van der Waals surface area contributed by atoms with Gasteiger partial charge in [0.25, 0.3) is 0 Å². The highest BCUT2D eigenvalue weighted by Gasteiger charge is 2.22. The molecule has 0 radical (unpaired) electrons. The van der Waals surface area contributed by atoms with E-state index < -0.39 is 0 Å². The van der Waals surface area contributed by atoms with Gasteiger partial charge in [-0.2, -0.15) is 4.79 Å². The minimum Gasteiger partial charge on any atom is -0.381 e. The summed E-state index contributed by atoms with van der Waals surface area (Å²) in [6.45, 7) is 1.20. The molecule has 0 aromatic heterocycles. The second kappa shape index (κ2) is 4.01. The molecule has 1 aliphatic rings. The van der Waals surface area contributed by atoms with Gasteiger partial charge in [0.1, 0.15) is 0 Å². The molecule has 11 heavy (non-hydrogen) atoms. The first kappa shape index (κ1) is 8.11. The van der Waals surface area contributed by atoms with Crippen LogP contribution >= 0.6 is 0 Å². The maximum atomic E-state index is 11.0. The van der Waals surface area contributed by atoms with Crippen molar-refractivity contribution in [3.05, 3.63) is 5.53 Å². The normalized spacial score (nSPS) is 23.8. The Morgan fingerprint density at radius 2 is 2.55 bits per heavy atom. The Morgan fingerprint density at radius 3 is 3.09 bits per heavy atom. The Labute approximate surface area is 64.8 Å². The maximum Gasteiger partial charge on any atom is 0.323 e. The molecule has 1 heterocycles. The third kappa shape index (κ3) is 2.26. The van der Waals surface area contributed by atoms with E-state index in [1.165, 1.54) is 0 Å². The van der Waals surface area contributed by atoms with E-state index >= 15 is 0 Å². The fourth-order valence-electron chi connectivity index (χ4n) is 1.13. The van der Waals surface area contributed by atoms with E-state index in [1.807, 2.05) is 0 Å². The van der Waals surface area contributed by atoms with Crippen LogP contribution in [-0.4, -0.2) is 30.0 Å². The third-order valence-corrected chi connectivity index (χ3v) is 1.75.